The Kier molecular flexibility index (Phi) is 6.93. The summed E-state index contributed by atoms with van der Waals surface area (Å²) in [7, 11) is 0. The molecule has 6 aliphatic carbocycles. The van der Waals surface area contributed by atoms with Gasteiger partial charge in [-0.05, 0) is 126 Å². The molecule has 5 unspecified atom stereocenters. The van der Waals surface area contributed by atoms with Gasteiger partial charge in [0.15, 0.2) is 0 Å². The molecule has 0 saturated heterocycles. The Hall–Kier alpha value is -1.03. The Morgan fingerprint density at radius 1 is 0.868 bits per heavy atom. The lowest BCUT2D eigenvalue weighted by molar-refractivity contribution is -0.373. The quantitative estimate of drug-likeness (QED) is 0.264. The Bertz CT molecular complexity index is 863. The van der Waals surface area contributed by atoms with E-state index in [0.717, 1.165) is 19.3 Å². The molecule has 218 valence electrons. The summed E-state index contributed by atoms with van der Waals surface area (Å²) in [4.78, 5) is 13.4. The molecule has 6 rings (SSSR count). The summed E-state index contributed by atoms with van der Waals surface area (Å²) < 4.78 is 91.3. The Labute approximate surface area is 220 Å². The fraction of sp³-hybridized carbons (Fsp3) is 0.964. The van der Waals surface area contributed by atoms with Gasteiger partial charge < -0.3 is 14.6 Å². The first-order valence-corrected chi connectivity index (χ1v) is 14.1. The molecule has 0 aliphatic heterocycles. The minimum atomic E-state index is -5.81. The number of alkyl halides is 6. The third-order valence-corrected chi connectivity index (χ3v) is 11.1. The van der Waals surface area contributed by atoms with Gasteiger partial charge in [-0.2, -0.15) is 26.3 Å². The van der Waals surface area contributed by atoms with Gasteiger partial charge in [-0.25, -0.2) is 0 Å². The molecule has 0 heterocycles. The van der Waals surface area contributed by atoms with Crippen molar-refractivity contribution >= 4 is 5.97 Å². The summed E-state index contributed by atoms with van der Waals surface area (Å²) in [5.41, 5.74) is -5.43. The second-order valence-corrected chi connectivity index (χ2v) is 14.0. The SMILES string of the molecule is CC(COC1CC2CC(CC(O)(C(F)(F)F)C(F)(F)F)C1C2)OC(=O)C(C)(C)C12CC3CC(CC(C3)C1)C2. The molecule has 0 amide bonds. The van der Waals surface area contributed by atoms with E-state index in [1.807, 2.05) is 13.8 Å². The molecule has 6 aliphatic rings. The average Bonchev–Trinajstić information content (AvgIpc) is 3.35. The highest BCUT2D eigenvalue weighted by molar-refractivity contribution is 5.77. The second kappa shape index (κ2) is 9.25. The maximum atomic E-state index is 13.4. The Morgan fingerprint density at radius 3 is 1.87 bits per heavy atom. The largest absolute Gasteiger partial charge is 0.460 e. The van der Waals surface area contributed by atoms with Crippen LogP contribution in [0.25, 0.3) is 0 Å². The number of hydrogen-bond acceptors (Lipinski definition) is 4. The number of carbonyl (C=O) groups excluding carboxylic acids is 1. The van der Waals surface area contributed by atoms with Gasteiger partial charge >= 0.3 is 18.3 Å². The van der Waals surface area contributed by atoms with Crippen LogP contribution in [-0.2, 0) is 14.3 Å². The van der Waals surface area contributed by atoms with Gasteiger partial charge in [0.1, 0.15) is 6.10 Å². The van der Waals surface area contributed by atoms with Crippen LogP contribution < -0.4 is 0 Å². The van der Waals surface area contributed by atoms with E-state index in [0.29, 0.717) is 30.6 Å². The first-order chi connectivity index (χ1) is 17.4. The average molecular weight is 555 g/mol. The van der Waals surface area contributed by atoms with E-state index in [9.17, 15) is 36.2 Å². The van der Waals surface area contributed by atoms with Crippen molar-refractivity contribution in [3.05, 3.63) is 0 Å². The number of fused-ring (bicyclic) bond motifs is 2. The summed E-state index contributed by atoms with van der Waals surface area (Å²) in [5, 5.41) is 9.69. The monoisotopic (exact) mass is 554 g/mol. The number of halogens is 6. The van der Waals surface area contributed by atoms with Crippen molar-refractivity contribution in [2.24, 2.45) is 46.3 Å². The van der Waals surface area contributed by atoms with Crippen molar-refractivity contribution in [1.29, 1.82) is 0 Å². The molecule has 0 spiro atoms. The van der Waals surface area contributed by atoms with Crippen molar-refractivity contribution in [1.82, 2.24) is 0 Å². The molecule has 10 heteroatoms. The molecule has 6 saturated carbocycles. The van der Waals surface area contributed by atoms with Gasteiger partial charge in [0.2, 0.25) is 0 Å². The van der Waals surface area contributed by atoms with E-state index < -0.39 is 53.8 Å². The minimum absolute atomic E-state index is 0.0337. The maximum Gasteiger partial charge on any atom is 0.426 e. The number of ether oxygens (including phenoxy) is 2. The predicted octanol–water partition coefficient (Wildman–Crippen LogP) is 6.84. The lowest BCUT2D eigenvalue weighted by atomic mass is 9.43. The molecule has 0 aromatic carbocycles. The van der Waals surface area contributed by atoms with Crippen LogP contribution in [0.4, 0.5) is 26.3 Å². The predicted molar refractivity (Wildman–Crippen MR) is 126 cm³/mol. The highest BCUT2D eigenvalue weighted by Gasteiger charge is 2.71. The molecule has 6 bridgehead atoms. The third kappa shape index (κ3) is 4.67. The standard InChI is InChI=1S/C28H40F6O4/c1-15(38-23(35)24(2,3)25-10-17-4-18(11-25)6-19(5-17)12-25)14-37-22-9-16-7-20(21(22)8-16)13-26(36,27(29,30)31)28(32,33)34/h15-22,36H,4-14H2,1-3H3. The van der Waals surface area contributed by atoms with E-state index in [4.69, 9.17) is 9.47 Å². The zero-order valence-electron chi connectivity index (χ0n) is 22.3. The van der Waals surface area contributed by atoms with Crippen molar-refractivity contribution in [2.75, 3.05) is 6.61 Å². The summed E-state index contributed by atoms with van der Waals surface area (Å²) >= 11 is 0. The van der Waals surface area contributed by atoms with Crippen molar-refractivity contribution in [3.63, 3.8) is 0 Å². The van der Waals surface area contributed by atoms with Gasteiger partial charge in [-0.3, -0.25) is 4.79 Å². The number of esters is 1. The van der Waals surface area contributed by atoms with Crippen molar-refractivity contribution < 1.29 is 45.7 Å². The van der Waals surface area contributed by atoms with E-state index in [-0.39, 0.29) is 30.3 Å². The van der Waals surface area contributed by atoms with Gasteiger partial charge in [0, 0.05) is 0 Å². The van der Waals surface area contributed by atoms with Crippen LogP contribution in [0.3, 0.4) is 0 Å². The fourth-order valence-electron chi connectivity index (χ4n) is 9.34. The van der Waals surface area contributed by atoms with E-state index >= 15 is 0 Å². The van der Waals surface area contributed by atoms with Gasteiger partial charge in [-0.15, -0.1) is 0 Å². The van der Waals surface area contributed by atoms with Crippen LogP contribution in [0.15, 0.2) is 0 Å². The van der Waals surface area contributed by atoms with Crippen LogP contribution in [-0.4, -0.2) is 47.8 Å². The molecule has 6 fully saturated rings. The van der Waals surface area contributed by atoms with E-state index in [1.165, 1.54) is 19.3 Å². The molecular weight excluding hydrogens is 514 g/mol. The first kappa shape index (κ1) is 28.5. The van der Waals surface area contributed by atoms with Gasteiger partial charge in [0.25, 0.3) is 5.60 Å². The molecule has 0 aromatic heterocycles. The zero-order valence-corrected chi connectivity index (χ0v) is 22.3. The summed E-state index contributed by atoms with van der Waals surface area (Å²) in [6.45, 7) is 5.72. The number of hydrogen-bond donors (Lipinski definition) is 1. The van der Waals surface area contributed by atoms with Gasteiger partial charge in [0.05, 0.1) is 18.1 Å². The van der Waals surface area contributed by atoms with Crippen LogP contribution in [0.5, 0.6) is 0 Å². The molecular formula is C28H40F6O4. The molecule has 1 N–H and O–H groups in total. The lowest BCUT2D eigenvalue weighted by Crippen LogP contribution is -2.58. The van der Waals surface area contributed by atoms with E-state index in [1.54, 1.807) is 6.92 Å². The molecule has 5 atom stereocenters. The van der Waals surface area contributed by atoms with E-state index in [2.05, 4.69) is 0 Å². The maximum absolute atomic E-state index is 13.4. The highest BCUT2D eigenvalue weighted by atomic mass is 19.4. The highest BCUT2D eigenvalue weighted by Crippen LogP contribution is 2.66. The third-order valence-electron chi connectivity index (χ3n) is 11.1. The van der Waals surface area contributed by atoms with Crippen molar-refractivity contribution in [3.8, 4) is 0 Å². The van der Waals surface area contributed by atoms with Crippen LogP contribution in [0.1, 0.15) is 85.0 Å². The summed E-state index contributed by atoms with van der Waals surface area (Å²) in [6.07, 6.45) is -5.92. The number of carbonyl (C=O) groups is 1. The molecule has 38 heavy (non-hydrogen) atoms. The fourth-order valence-corrected chi connectivity index (χ4v) is 9.34. The Morgan fingerprint density at radius 2 is 1.39 bits per heavy atom. The second-order valence-electron chi connectivity index (χ2n) is 14.0. The number of rotatable bonds is 8. The first-order valence-electron chi connectivity index (χ1n) is 14.1. The Balaban J connectivity index is 1.17. The van der Waals surface area contributed by atoms with Crippen LogP contribution in [0, 0.1) is 46.3 Å². The van der Waals surface area contributed by atoms with Crippen LogP contribution in [0.2, 0.25) is 0 Å². The smallest absolute Gasteiger partial charge is 0.426 e. The molecule has 0 radical (unpaired) electrons. The van der Waals surface area contributed by atoms with Crippen molar-refractivity contribution in [2.45, 2.75) is 115 Å². The lowest BCUT2D eigenvalue weighted by Gasteiger charge is -2.61. The normalized spacial score (nSPS) is 39.6. The molecule has 0 aromatic rings. The van der Waals surface area contributed by atoms with Crippen LogP contribution >= 0.6 is 0 Å². The van der Waals surface area contributed by atoms with Gasteiger partial charge in [-0.1, -0.05) is 0 Å². The zero-order chi connectivity index (χ0) is 27.9. The minimum Gasteiger partial charge on any atom is -0.460 e. The molecule has 4 nitrogen and oxygen atoms in total. The summed E-state index contributed by atoms with van der Waals surface area (Å²) in [5.74, 6) is 0.323. The number of aliphatic hydroxyl groups is 1. The summed E-state index contributed by atoms with van der Waals surface area (Å²) in [6, 6.07) is 0. The topological polar surface area (TPSA) is 55.8 Å².